The maximum absolute atomic E-state index is 13.4. The molecule has 1 N–H and O–H groups in total. The van der Waals surface area contributed by atoms with E-state index in [2.05, 4.69) is 5.32 Å². The SMILES string of the molecule is CCOc1ccc(C(=O)Nc2ccc(OC)c(OC)c2)cc1CN(c1ccc(F)cc1)S(C)(=O)=O. The molecule has 0 spiro atoms. The highest BCUT2D eigenvalue weighted by Crippen LogP contribution is 2.31. The first-order valence-corrected chi connectivity index (χ1v) is 12.5. The van der Waals surface area contributed by atoms with Crippen molar-refractivity contribution in [2.75, 3.05) is 36.7 Å². The van der Waals surface area contributed by atoms with Crippen LogP contribution in [0.5, 0.6) is 17.2 Å². The average Bonchev–Trinajstić information content (AvgIpc) is 2.83. The number of halogens is 1. The highest BCUT2D eigenvalue weighted by Gasteiger charge is 2.21. The first-order valence-electron chi connectivity index (χ1n) is 10.7. The molecule has 0 fully saturated rings. The number of anilines is 2. The van der Waals surface area contributed by atoms with Crippen molar-refractivity contribution in [1.29, 1.82) is 0 Å². The molecule has 0 atom stereocenters. The van der Waals surface area contributed by atoms with Crippen LogP contribution in [0.25, 0.3) is 0 Å². The highest BCUT2D eigenvalue weighted by atomic mass is 32.2. The van der Waals surface area contributed by atoms with Crippen LogP contribution in [0.1, 0.15) is 22.8 Å². The number of carbonyl (C=O) groups is 1. The van der Waals surface area contributed by atoms with Crippen molar-refractivity contribution in [3.63, 3.8) is 0 Å². The molecular weight excluding hydrogens is 475 g/mol. The van der Waals surface area contributed by atoms with E-state index < -0.39 is 21.7 Å². The zero-order valence-corrected chi connectivity index (χ0v) is 20.7. The van der Waals surface area contributed by atoms with Gasteiger partial charge in [0.15, 0.2) is 11.5 Å². The van der Waals surface area contributed by atoms with E-state index in [-0.39, 0.29) is 12.2 Å². The van der Waals surface area contributed by atoms with E-state index >= 15 is 0 Å². The van der Waals surface area contributed by atoms with E-state index in [1.807, 2.05) is 0 Å². The Morgan fingerprint density at radius 2 is 1.60 bits per heavy atom. The Morgan fingerprint density at radius 3 is 2.20 bits per heavy atom. The van der Waals surface area contributed by atoms with Gasteiger partial charge in [-0.2, -0.15) is 0 Å². The number of ether oxygens (including phenoxy) is 3. The summed E-state index contributed by atoms with van der Waals surface area (Å²) in [6.45, 7) is 2.03. The lowest BCUT2D eigenvalue weighted by Gasteiger charge is -2.24. The van der Waals surface area contributed by atoms with Crippen molar-refractivity contribution in [3.05, 3.63) is 77.6 Å². The van der Waals surface area contributed by atoms with Crippen LogP contribution < -0.4 is 23.8 Å². The molecule has 0 aliphatic carbocycles. The molecule has 0 radical (unpaired) electrons. The number of nitrogens with one attached hydrogen (secondary N) is 1. The molecule has 0 unspecified atom stereocenters. The predicted molar refractivity (Wildman–Crippen MR) is 133 cm³/mol. The third-order valence-corrected chi connectivity index (χ3v) is 6.23. The number of rotatable bonds is 10. The fourth-order valence-corrected chi connectivity index (χ4v) is 4.30. The monoisotopic (exact) mass is 502 g/mol. The Kier molecular flexibility index (Phi) is 8.18. The van der Waals surface area contributed by atoms with Crippen LogP contribution in [0.3, 0.4) is 0 Å². The van der Waals surface area contributed by atoms with Gasteiger partial charge in [-0.25, -0.2) is 12.8 Å². The molecular formula is C25H27FN2O6S. The zero-order chi connectivity index (χ0) is 25.6. The number of carbonyl (C=O) groups excluding carboxylic acids is 1. The number of amides is 1. The van der Waals surface area contributed by atoms with E-state index in [4.69, 9.17) is 14.2 Å². The van der Waals surface area contributed by atoms with Crippen LogP contribution in [0.15, 0.2) is 60.7 Å². The Hall–Kier alpha value is -3.79. The molecule has 0 aliphatic heterocycles. The number of hydrogen-bond acceptors (Lipinski definition) is 6. The summed E-state index contributed by atoms with van der Waals surface area (Å²) >= 11 is 0. The van der Waals surface area contributed by atoms with Gasteiger partial charge in [0.1, 0.15) is 11.6 Å². The van der Waals surface area contributed by atoms with Crippen LogP contribution in [-0.4, -0.2) is 41.4 Å². The molecule has 0 bridgehead atoms. The number of methoxy groups -OCH3 is 2. The van der Waals surface area contributed by atoms with Crippen molar-refractivity contribution in [3.8, 4) is 17.2 Å². The molecule has 35 heavy (non-hydrogen) atoms. The molecule has 0 aromatic heterocycles. The van der Waals surface area contributed by atoms with Gasteiger partial charge in [0.2, 0.25) is 10.0 Å². The molecule has 3 aromatic carbocycles. The highest BCUT2D eigenvalue weighted by molar-refractivity contribution is 7.92. The summed E-state index contributed by atoms with van der Waals surface area (Å²) in [5.41, 5.74) is 1.55. The van der Waals surface area contributed by atoms with Crippen molar-refractivity contribution in [2.45, 2.75) is 13.5 Å². The second kappa shape index (κ2) is 11.1. The molecule has 3 aromatic rings. The van der Waals surface area contributed by atoms with Gasteiger partial charge in [-0.1, -0.05) is 0 Å². The minimum atomic E-state index is -3.73. The van der Waals surface area contributed by atoms with E-state index in [1.165, 1.54) is 38.5 Å². The minimum absolute atomic E-state index is 0.114. The standard InChI is InChI=1S/C25H27FN2O6S/c1-5-34-22-12-6-17(25(29)27-20-9-13-23(32-2)24(15-20)33-3)14-18(22)16-28(35(4,30)31)21-10-7-19(26)8-11-21/h6-15H,5,16H2,1-4H3,(H,27,29). The van der Waals surface area contributed by atoms with Gasteiger partial charge in [0, 0.05) is 22.9 Å². The van der Waals surface area contributed by atoms with Gasteiger partial charge >= 0.3 is 0 Å². The second-order valence-electron chi connectivity index (χ2n) is 7.53. The number of nitrogens with zero attached hydrogens (tertiary/aromatic N) is 1. The largest absolute Gasteiger partial charge is 0.494 e. The summed E-state index contributed by atoms with van der Waals surface area (Å²) in [7, 11) is -0.714. The van der Waals surface area contributed by atoms with E-state index in [0.717, 1.165) is 10.6 Å². The third kappa shape index (κ3) is 6.42. The van der Waals surface area contributed by atoms with Crippen LogP contribution in [-0.2, 0) is 16.6 Å². The lowest BCUT2D eigenvalue weighted by Crippen LogP contribution is -2.29. The van der Waals surface area contributed by atoms with E-state index in [1.54, 1.807) is 43.3 Å². The smallest absolute Gasteiger partial charge is 0.255 e. The molecule has 0 saturated carbocycles. The van der Waals surface area contributed by atoms with Gasteiger partial charge in [-0.05, 0) is 61.5 Å². The predicted octanol–water partition coefficient (Wildman–Crippen LogP) is 4.46. The van der Waals surface area contributed by atoms with E-state index in [9.17, 15) is 17.6 Å². The molecule has 8 nitrogen and oxygen atoms in total. The second-order valence-corrected chi connectivity index (χ2v) is 9.43. The number of sulfonamides is 1. The summed E-state index contributed by atoms with van der Waals surface area (Å²) in [6, 6.07) is 14.9. The minimum Gasteiger partial charge on any atom is -0.494 e. The molecule has 186 valence electrons. The van der Waals surface area contributed by atoms with Gasteiger partial charge in [0.25, 0.3) is 5.91 Å². The van der Waals surface area contributed by atoms with Crippen molar-refractivity contribution < 1.29 is 31.8 Å². The van der Waals surface area contributed by atoms with Crippen molar-refractivity contribution in [2.24, 2.45) is 0 Å². The Labute approximate surface area is 204 Å². The quantitative estimate of drug-likeness (QED) is 0.440. The summed E-state index contributed by atoms with van der Waals surface area (Å²) < 4.78 is 55.8. The molecule has 0 aliphatic rings. The topological polar surface area (TPSA) is 94.2 Å². The fraction of sp³-hybridized carbons (Fsp3) is 0.240. The fourth-order valence-electron chi connectivity index (χ4n) is 3.42. The third-order valence-electron chi connectivity index (χ3n) is 5.09. The Bertz CT molecular complexity index is 1300. The van der Waals surface area contributed by atoms with Crippen LogP contribution in [0.4, 0.5) is 15.8 Å². The zero-order valence-electron chi connectivity index (χ0n) is 19.9. The molecule has 1 amide bonds. The average molecular weight is 503 g/mol. The normalized spacial score (nSPS) is 11.0. The number of hydrogen-bond donors (Lipinski definition) is 1. The van der Waals surface area contributed by atoms with Crippen LogP contribution in [0, 0.1) is 5.82 Å². The summed E-state index contributed by atoms with van der Waals surface area (Å²) in [5.74, 6) is 0.530. The van der Waals surface area contributed by atoms with Gasteiger partial charge in [-0.15, -0.1) is 0 Å². The first-order chi connectivity index (χ1) is 16.7. The molecule has 0 heterocycles. The van der Waals surface area contributed by atoms with Gasteiger partial charge in [0.05, 0.1) is 39.3 Å². The lowest BCUT2D eigenvalue weighted by atomic mass is 10.1. The summed E-state index contributed by atoms with van der Waals surface area (Å²) in [5, 5.41) is 2.80. The molecule has 10 heteroatoms. The Morgan fingerprint density at radius 1 is 0.943 bits per heavy atom. The number of benzene rings is 3. The first kappa shape index (κ1) is 25.8. The van der Waals surface area contributed by atoms with Gasteiger partial charge < -0.3 is 19.5 Å². The van der Waals surface area contributed by atoms with Gasteiger partial charge in [-0.3, -0.25) is 9.10 Å². The maximum atomic E-state index is 13.4. The Balaban J connectivity index is 1.94. The summed E-state index contributed by atoms with van der Waals surface area (Å²) in [4.78, 5) is 13.0. The summed E-state index contributed by atoms with van der Waals surface area (Å²) in [6.07, 6.45) is 1.06. The van der Waals surface area contributed by atoms with Crippen LogP contribution in [0.2, 0.25) is 0 Å². The lowest BCUT2D eigenvalue weighted by molar-refractivity contribution is 0.102. The molecule has 3 rings (SSSR count). The maximum Gasteiger partial charge on any atom is 0.255 e. The van der Waals surface area contributed by atoms with E-state index in [0.29, 0.717) is 40.7 Å². The molecule has 0 saturated heterocycles. The van der Waals surface area contributed by atoms with Crippen molar-refractivity contribution in [1.82, 2.24) is 0 Å². The van der Waals surface area contributed by atoms with Crippen molar-refractivity contribution >= 4 is 27.3 Å². The van der Waals surface area contributed by atoms with Crippen LogP contribution >= 0.6 is 0 Å².